The molecule has 0 amide bonds. The summed E-state index contributed by atoms with van der Waals surface area (Å²) < 4.78 is 0. The molecule has 0 saturated heterocycles. The van der Waals surface area contributed by atoms with Gasteiger partial charge in [0.25, 0.3) is 5.69 Å². The first-order chi connectivity index (χ1) is 6.02. The van der Waals surface area contributed by atoms with E-state index in [9.17, 15) is 10.1 Å². The number of nitro groups is 1. The van der Waals surface area contributed by atoms with Gasteiger partial charge in [0.05, 0.1) is 4.92 Å². The Hall–Kier alpha value is -1.42. The fourth-order valence-corrected chi connectivity index (χ4v) is 1.20. The van der Waals surface area contributed by atoms with Gasteiger partial charge in [-0.3, -0.25) is 10.1 Å². The van der Waals surface area contributed by atoms with Gasteiger partial charge in [-0.15, -0.1) is 0 Å². The van der Waals surface area contributed by atoms with Crippen LogP contribution in [0.4, 0.5) is 5.69 Å². The van der Waals surface area contributed by atoms with Gasteiger partial charge < -0.3 is 5.73 Å². The molecular weight excluding hydrogens is 168 g/mol. The average Bonchev–Trinajstić information content (AvgIpc) is 2.03. The van der Waals surface area contributed by atoms with Crippen LogP contribution >= 0.6 is 0 Å². The maximum atomic E-state index is 10.6. The van der Waals surface area contributed by atoms with Gasteiger partial charge in [-0.1, -0.05) is 11.6 Å². The molecule has 0 radical (unpaired) electrons. The van der Waals surface area contributed by atoms with Crippen LogP contribution in [0.25, 0.3) is 0 Å². The van der Waals surface area contributed by atoms with Gasteiger partial charge in [0.2, 0.25) is 0 Å². The van der Waals surface area contributed by atoms with E-state index in [1.165, 1.54) is 6.07 Å². The quantitative estimate of drug-likeness (QED) is 0.558. The SMILES string of the molecule is Cc1ccc([N+](=O)[O-])c([C@H](C)N)c1. The Morgan fingerprint density at radius 3 is 2.62 bits per heavy atom. The number of benzene rings is 1. The number of hydrogen-bond donors (Lipinski definition) is 1. The molecule has 1 atom stereocenters. The lowest BCUT2D eigenvalue weighted by molar-refractivity contribution is -0.385. The van der Waals surface area contributed by atoms with Gasteiger partial charge >= 0.3 is 0 Å². The van der Waals surface area contributed by atoms with Gasteiger partial charge in [0, 0.05) is 17.7 Å². The Morgan fingerprint density at radius 1 is 1.54 bits per heavy atom. The molecule has 70 valence electrons. The summed E-state index contributed by atoms with van der Waals surface area (Å²) in [7, 11) is 0. The maximum absolute atomic E-state index is 10.6. The first-order valence-corrected chi connectivity index (χ1v) is 4.03. The predicted molar refractivity (Wildman–Crippen MR) is 50.4 cm³/mol. The second-order valence-electron chi connectivity index (χ2n) is 3.11. The molecule has 1 rings (SSSR count). The van der Waals surface area contributed by atoms with Crippen LogP contribution in [0, 0.1) is 17.0 Å². The number of hydrogen-bond acceptors (Lipinski definition) is 3. The monoisotopic (exact) mass is 180 g/mol. The highest BCUT2D eigenvalue weighted by molar-refractivity contribution is 5.44. The van der Waals surface area contributed by atoms with Crippen LogP contribution in [0.2, 0.25) is 0 Å². The Balaban J connectivity index is 3.26. The van der Waals surface area contributed by atoms with E-state index in [0.29, 0.717) is 5.56 Å². The van der Waals surface area contributed by atoms with E-state index in [-0.39, 0.29) is 11.7 Å². The fourth-order valence-electron chi connectivity index (χ4n) is 1.20. The summed E-state index contributed by atoms with van der Waals surface area (Å²) in [5, 5.41) is 10.6. The van der Waals surface area contributed by atoms with E-state index in [0.717, 1.165) is 5.56 Å². The summed E-state index contributed by atoms with van der Waals surface area (Å²) >= 11 is 0. The number of rotatable bonds is 2. The van der Waals surface area contributed by atoms with Gasteiger partial charge in [0.1, 0.15) is 0 Å². The van der Waals surface area contributed by atoms with E-state index in [1.807, 2.05) is 6.92 Å². The van der Waals surface area contributed by atoms with Crippen LogP contribution in [-0.4, -0.2) is 4.92 Å². The summed E-state index contributed by atoms with van der Waals surface area (Å²) in [6.07, 6.45) is 0. The van der Waals surface area contributed by atoms with Crippen molar-refractivity contribution in [2.24, 2.45) is 5.73 Å². The molecule has 13 heavy (non-hydrogen) atoms. The molecule has 1 aromatic rings. The van der Waals surface area contributed by atoms with Crippen molar-refractivity contribution in [3.63, 3.8) is 0 Å². The topological polar surface area (TPSA) is 69.2 Å². The fraction of sp³-hybridized carbons (Fsp3) is 0.333. The molecule has 0 aliphatic rings. The number of nitrogens with two attached hydrogens (primary N) is 1. The summed E-state index contributed by atoms with van der Waals surface area (Å²) in [5.41, 5.74) is 7.29. The highest BCUT2D eigenvalue weighted by atomic mass is 16.6. The van der Waals surface area contributed by atoms with Crippen molar-refractivity contribution in [3.8, 4) is 0 Å². The third kappa shape index (κ3) is 2.03. The lowest BCUT2D eigenvalue weighted by Gasteiger charge is -2.06. The zero-order valence-electron chi connectivity index (χ0n) is 7.65. The van der Waals surface area contributed by atoms with Crippen molar-refractivity contribution in [2.45, 2.75) is 19.9 Å². The third-order valence-corrected chi connectivity index (χ3v) is 1.87. The molecule has 0 bridgehead atoms. The zero-order chi connectivity index (χ0) is 10.0. The Kier molecular flexibility index (Phi) is 2.63. The van der Waals surface area contributed by atoms with Crippen molar-refractivity contribution < 1.29 is 4.92 Å². The molecule has 1 aromatic carbocycles. The van der Waals surface area contributed by atoms with Crippen molar-refractivity contribution in [3.05, 3.63) is 39.4 Å². The first-order valence-electron chi connectivity index (χ1n) is 4.03. The van der Waals surface area contributed by atoms with E-state index in [2.05, 4.69) is 0 Å². The third-order valence-electron chi connectivity index (χ3n) is 1.87. The van der Waals surface area contributed by atoms with Crippen molar-refractivity contribution in [1.29, 1.82) is 0 Å². The molecule has 0 heterocycles. The predicted octanol–water partition coefficient (Wildman–Crippen LogP) is 1.92. The number of nitro benzene ring substituents is 1. The Bertz CT molecular complexity index is 334. The largest absolute Gasteiger partial charge is 0.324 e. The number of aryl methyl sites for hydroxylation is 1. The maximum Gasteiger partial charge on any atom is 0.274 e. The minimum Gasteiger partial charge on any atom is -0.324 e. The van der Waals surface area contributed by atoms with Gasteiger partial charge in [-0.05, 0) is 19.9 Å². The van der Waals surface area contributed by atoms with Crippen LogP contribution in [0.5, 0.6) is 0 Å². The summed E-state index contributed by atoms with van der Waals surface area (Å²) in [4.78, 5) is 10.2. The highest BCUT2D eigenvalue weighted by Gasteiger charge is 2.15. The van der Waals surface area contributed by atoms with Crippen LogP contribution in [-0.2, 0) is 0 Å². The first kappa shape index (κ1) is 9.67. The van der Waals surface area contributed by atoms with Crippen molar-refractivity contribution >= 4 is 5.69 Å². The highest BCUT2D eigenvalue weighted by Crippen LogP contribution is 2.24. The van der Waals surface area contributed by atoms with E-state index in [4.69, 9.17) is 5.73 Å². The molecule has 0 aromatic heterocycles. The van der Waals surface area contributed by atoms with E-state index in [1.54, 1.807) is 19.1 Å². The smallest absolute Gasteiger partial charge is 0.274 e. The van der Waals surface area contributed by atoms with Crippen LogP contribution in [0.3, 0.4) is 0 Å². The van der Waals surface area contributed by atoms with E-state index < -0.39 is 4.92 Å². The van der Waals surface area contributed by atoms with Crippen LogP contribution in [0.1, 0.15) is 24.1 Å². The standard InChI is InChI=1S/C9H12N2O2/c1-6-3-4-9(11(12)13)8(5-6)7(2)10/h3-5,7H,10H2,1-2H3/t7-/m0/s1. The number of nitrogens with zero attached hydrogens (tertiary/aromatic N) is 1. The second kappa shape index (κ2) is 3.53. The Labute approximate surface area is 76.5 Å². The zero-order valence-corrected chi connectivity index (χ0v) is 7.65. The molecule has 0 spiro atoms. The molecule has 0 aliphatic heterocycles. The summed E-state index contributed by atoms with van der Waals surface area (Å²) in [6, 6.07) is 4.65. The molecule has 4 nitrogen and oxygen atoms in total. The van der Waals surface area contributed by atoms with Gasteiger partial charge in [0.15, 0.2) is 0 Å². The molecule has 0 fully saturated rings. The minimum atomic E-state index is -0.405. The summed E-state index contributed by atoms with van der Waals surface area (Å²) in [6.45, 7) is 3.62. The molecule has 0 aliphatic carbocycles. The lowest BCUT2D eigenvalue weighted by atomic mass is 10.0. The van der Waals surface area contributed by atoms with E-state index >= 15 is 0 Å². The van der Waals surface area contributed by atoms with Crippen molar-refractivity contribution in [2.75, 3.05) is 0 Å². The second-order valence-corrected chi connectivity index (χ2v) is 3.11. The molecule has 0 saturated carbocycles. The normalized spacial score (nSPS) is 12.5. The average molecular weight is 180 g/mol. The van der Waals surface area contributed by atoms with Crippen molar-refractivity contribution in [1.82, 2.24) is 0 Å². The molecular formula is C9H12N2O2. The van der Waals surface area contributed by atoms with Crippen LogP contribution < -0.4 is 5.73 Å². The Morgan fingerprint density at radius 2 is 2.15 bits per heavy atom. The molecule has 2 N–H and O–H groups in total. The van der Waals surface area contributed by atoms with Crippen LogP contribution in [0.15, 0.2) is 18.2 Å². The van der Waals surface area contributed by atoms with Gasteiger partial charge in [-0.25, -0.2) is 0 Å². The van der Waals surface area contributed by atoms with Gasteiger partial charge in [-0.2, -0.15) is 0 Å². The molecule has 0 unspecified atom stereocenters. The molecule has 4 heteroatoms. The summed E-state index contributed by atoms with van der Waals surface area (Å²) in [5.74, 6) is 0. The lowest BCUT2D eigenvalue weighted by Crippen LogP contribution is -2.08. The minimum absolute atomic E-state index is 0.0978.